The molecule has 0 atom stereocenters. The van der Waals surface area contributed by atoms with Crippen LogP contribution in [0, 0.1) is 10.1 Å². The minimum atomic E-state index is -0.517. The van der Waals surface area contributed by atoms with E-state index in [4.69, 9.17) is 4.74 Å². The van der Waals surface area contributed by atoms with Gasteiger partial charge in [0, 0.05) is 25.3 Å². The van der Waals surface area contributed by atoms with Crippen molar-refractivity contribution in [2.24, 2.45) is 0 Å². The van der Waals surface area contributed by atoms with Crippen molar-refractivity contribution < 1.29 is 14.5 Å². The van der Waals surface area contributed by atoms with E-state index in [2.05, 4.69) is 5.32 Å². The molecule has 1 amide bonds. The highest BCUT2D eigenvalue weighted by Gasteiger charge is 2.16. The number of carbonyl (C=O) groups excluding carboxylic acids is 1. The number of benzene rings is 1. The molecule has 6 nitrogen and oxygen atoms in total. The third-order valence-corrected chi connectivity index (χ3v) is 2.18. The zero-order valence-electron chi connectivity index (χ0n) is 9.73. The maximum Gasteiger partial charge on any atom is 0.275 e. The monoisotopic (exact) mass is 238 g/mol. The average Bonchev–Trinajstić information content (AvgIpc) is 2.30. The lowest BCUT2D eigenvalue weighted by molar-refractivity contribution is -0.385. The zero-order chi connectivity index (χ0) is 12.8. The third kappa shape index (κ3) is 3.25. The van der Waals surface area contributed by atoms with Gasteiger partial charge in [-0.05, 0) is 19.1 Å². The van der Waals surface area contributed by atoms with E-state index >= 15 is 0 Å². The molecule has 0 aliphatic rings. The summed E-state index contributed by atoms with van der Waals surface area (Å²) >= 11 is 0. The van der Waals surface area contributed by atoms with Gasteiger partial charge in [-0.15, -0.1) is 0 Å². The molecule has 0 saturated carbocycles. The average molecular weight is 238 g/mol. The van der Waals surface area contributed by atoms with E-state index < -0.39 is 4.92 Å². The van der Waals surface area contributed by atoms with Gasteiger partial charge in [0.1, 0.15) is 0 Å². The molecule has 0 heterocycles. The Hall–Kier alpha value is -1.95. The molecule has 0 aromatic heterocycles. The summed E-state index contributed by atoms with van der Waals surface area (Å²) in [6.07, 6.45) is 0. The summed E-state index contributed by atoms with van der Waals surface area (Å²) in [5.74, 6) is -0.320. The lowest BCUT2D eigenvalue weighted by Gasteiger charge is -2.05. The molecule has 1 aromatic rings. The fourth-order valence-corrected chi connectivity index (χ4v) is 1.42. The quantitative estimate of drug-likeness (QED) is 0.622. The Morgan fingerprint density at radius 1 is 1.53 bits per heavy atom. The van der Waals surface area contributed by atoms with E-state index in [1.54, 1.807) is 13.0 Å². The van der Waals surface area contributed by atoms with Gasteiger partial charge in [0.05, 0.1) is 17.1 Å². The molecule has 0 bridgehead atoms. The first-order chi connectivity index (χ1) is 8.10. The molecule has 0 fully saturated rings. The first-order valence-corrected chi connectivity index (χ1v) is 5.14. The molecule has 0 aliphatic heterocycles. The Morgan fingerprint density at radius 3 is 2.76 bits per heavy atom. The van der Waals surface area contributed by atoms with Gasteiger partial charge in [-0.3, -0.25) is 14.9 Å². The molecular formula is C11H14N2O4. The van der Waals surface area contributed by atoms with Crippen molar-refractivity contribution in [3.63, 3.8) is 0 Å². The van der Waals surface area contributed by atoms with Crippen molar-refractivity contribution in [3.05, 3.63) is 39.4 Å². The highest BCUT2D eigenvalue weighted by atomic mass is 16.6. The second-order valence-corrected chi connectivity index (χ2v) is 3.39. The molecule has 0 aliphatic carbocycles. The summed E-state index contributed by atoms with van der Waals surface area (Å²) in [5, 5.41) is 13.4. The lowest BCUT2D eigenvalue weighted by atomic mass is 10.1. The highest BCUT2D eigenvalue weighted by molar-refractivity contribution is 5.94. The van der Waals surface area contributed by atoms with Crippen molar-refractivity contribution in [3.8, 4) is 0 Å². The van der Waals surface area contributed by atoms with Gasteiger partial charge < -0.3 is 10.1 Å². The highest BCUT2D eigenvalue weighted by Crippen LogP contribution is 2.21. The van der Waals surface area contributed by atoms with Gasteiger partial charge in [-0.2, -0.15) is 0 Å². The number of nitrogens with one attached hydrogen (secondary N) is 1. The van der Waals surface area contributed by atoms with Gasteiger partial charge >= 0.3 is 0 Å². The van der Waals surface area contributed by atoms with Crippen molar-refractivity contribution in [2.75, 3.05) is 13.7 Å². The van der Waals surface area contributed by atoms with Crippen LogP contribution in [0.4, 0.5) is 5.69 Å². The van der Waals surface area contributed by atoms with Crippen molar-refractivity contribution in [1.82, 2.24) is 5.32 Å². The maximum absolute atomic E-state index is 11.5. The molecule has 1 N–H and O–H groups in total. The summed E-state index contributed by atoms with van der Waals surface area (Å²) in [6, 6.07) is 4.35. The fourth-order valence-electron chi connectivity index (χ4n) is 1.42. The van der Waals surface area contributed by atoms with Crippen molar-refractivity contribution in [2.45, 2.75) is 13.5 Å². The number of amides is 1. The number of hydrogen-bond acceptors (Lipinski definition) is 4. The minimum absolute atomic E-state index is 0.101. The van der Waals surface area contributed by atoms with Crippen LogP contribution < -0.4 is 5.32 Å². The van der Waals surface area contributed by atoms with E-state index in [0.29, 0.717) is 12.1 Å². The Labute approximate surface area is 98.7 Å². The van der Waals surface area contributed by atoms with E-state index in [-0.39, 0.29) is 23.8 Å². The van der Waals surface area contributed by atoms with Crippen LogP contribution in [-0.4, -0.2) is 24.5 Å². The molecule has 0 radical (unpaired) electrons. The van der Waals surface area contributed by atoms with Gasteiger partial charge in [0.15, 0.2) is 0 Å². The second kappa shape index (κ2) is 5.95. The lowest BCUT2D eigenvalue weighted by Crippen LogP contribution is -2.22. The van der Waals surface area contributed by atoms with Crippen LogP contribution >= 0.6 is 0 Å². The van der Waals surface area contributed by atoms with Crippen molar-refractivity contribution in [1.29, 1.82) is 0 Å². The van der Waals surface area contributed by atoms with E-state index in [0.717, 1.165) is 0 Å². The largest absolute Gasteiger partial charge is 0.380 e. The molecule has 92 valence electrons. The van der Waals surface area contributed by atoms with Crippen LogP contribution in [0.2, 0.25) is 0 Å². The Balaban J connectivity index is 3.09. The molecule has 1 aromatic carbocycles. The summed E-state index contributed by atoms with van der Waals surface area (Å²) in [6.45, 7) is 2.41. The van der Waals surface area contributed by atoms with Crippen LogP contribution in [-0.2, 0) is 11.3 Å². The van der Waals surface area contributed by atoms with Crippen LogP contribution in [0.25, 0.3) is 0 Å². The summed E-state index contributed by atoms with van der Waals surface area (Å²) in [5.41, 5.74) is 0.625. The molecule has 0 saturated heterocycles. The fraction of sp³-hybridized carbons (Fsp3) is 0.364. The summed E-state index contributed by atoms with van der Waals surface area (Å²) in [7, 11) is 1.46. The predicted molar refractivity (Wildman–Crippen MR) is 61.8 cm³/mol. The van der Waals surface area contributed by atoms with Gasteiger partial charge in [-0.25, -0.2) is 0 Å². The number of nitro benzene ring substituents is 1. The van der Waals surface area contributed by atoms with Crippen LogP contribution in [0.3, 0.4) is 0 Å². The number of carbonyl (C=O) groups is 1. The molecule has 0 unspecified atom stereocenters. The van der Waals surface area contributed by atoms with Crippen LogP contribution in [0.15, 0.2) is 18.2 Å². The van der Waals surface area contributed by atoms with E-state index in [9.17, 15) is 14.9 Å². The van der Waals surface area contributed by atoms with E-state index in [1.807, 2.05) is 0 Å². The van der Waals surface area contributed by atoms with E-state index in [1.165, 1.54) is 19.2 Å². The van der Waals surface area contributed by atoms with Gasteiger partial charge in [0.25, 0.3) is 11.6 Å². The molecule has 1 rings (SSSR count). The first-order valence-electron chi connectivity index (χ1n) is 5.14. The topological polar surface area (TPSA) is 81.5 Å². The normalized spacial score (nSPS) is 10.0. The minimum Gasteiger partial charge on any atom is -0.380 e. The number of hydrogen-bond donors (Lipinski definition) is 1. The summed E-state index contributed by atoms with van der Waals surface area (Å²) in [4.78, 5) is 21.9. The molecule has 0 spiro atoms. The molecule has 17 heavy (non-hydrogen) atoms. The summed E-state index contributed by atoms with van der Waals surface area (Å²) < 4.78 is 4.86. The molecular weight excluding hydrogens is 224 g/mol. The molecule has 6 heteroatoms. The smallest absolute Gasteiger partial charge is 0.275 e. The second-order valence-electron chi connectivity index (χ2n) is 3.39. The van der Waals surface area contributed by atoms with Crippen molar-refractivity contribution >= 4 is 11.6 Å². The predicted octanol–water partition coefficient (Wildman–Crippen LogP) is 1.49. The SMILES string of the molecule is CCNC(=O)c1ccc(COC)c([N+](=O)[O-])c1. The number of methoxy groups -OCH3 is 1. The number of nitrogens with zero attached hydrogens (tertiary/aromatic N) is 1. The number of nitro groups is 1. The first kappa shape index (κ1) is 13.1. The Morgan fingerprint density at radius 2 is 2.24 bits per heavy atom. The van der Waals surface area contributed by atoms with Crippen LogP contribution in [0.5, 0.6) is 0 Å². The zero-order valence-corrected chi connectivity index (χ0v) is 9.73. The Kier molecular flexibility index (Phi) is 4.59. The Bertz CT molecular complexity index is 431. The van der Waals surface area contributed by atoms with Gasteiger partial charge in [0.2, 0.25) is 0 Å². The number of rotatable bonds is 5. The maximum atomic E-state index is 11.5. The van der Waals surface area contributed by atoms with Gasteiger partial charge in [-0.1, -0.05) is 0 Å². The van der Waals surface area contributed by atoms with Crippen LogP contribution in [0.1, 0.15) is 22.8 Å². The standard InChI is InChI=1S/C11H14N2O4/c1-3-12-11(14)8-4-5-9(7-17-2)10(6-8)13(15)16/h4-6H,3,7H2,1-2H3,(H,12,14). The number of ether oxygens (including phenoxy) is 1. The third-order valence-electron chi connectivity index (χ3n) is 2.18.